The van der Waals surface area contributed by atoms with Crippen LogP contribution in [0.1, 0.15) is 63.0 Å². The molecule has 7 fully saturated rings. The van der Waals surface area contributed by atoms with Crippen LogP contribution >= 0.6 is 0 Å². The second-order valence-corrected chi connectivity index (χ2v) is 16.1. The molecule has 4 aromatic rings. The van der Waals surface area contributed by atoms with Gasteiger partial charge in [0.1, 0.15) is 6.04 Å². The van der Waals surface area contributed by atoms with Crippen molar-refractivity contribution in [1.82, 2.24) is 4.98 Å². The van der Waals surface area contributed by atoms with Crippen molar-refractivity contribution in [2.45, 2.75) is 63.5 Å². The number of carbonyl (C=O) groups is 2. The number of aromatic nitrogens is 1. The third kappa shape index (κ3) is 4.98. The minimum atomic E-state index is -0.461. The van der Waals surface area contributed by atoms with Crippen LogP contribution in [0.3, 0.4) is 0 Å². The fourth-order valence-corrected chi connectivity index (χ4v) is 11.5. The van der Waals surface area contributed by atoms with Crippen LogP contribution in [-0.2, 0) is 14.3 Å². The van der Waals surface area contributed by atoms with Crippen LogP contribution in [-0.4, -0.2) is 47.0 Å². The van der Waals surface area contributed by atoms with Gasteiger partial charge in [0.05, 0.1) is 24.0 Å². The maximum atomic E-state index is 14.7. The number of ether oxygens (including phenoxy) is 1. The average molecular weight is 641 g/mol. The summed E-state index contributed by atoms with van der Waals surface area (Å²) < 4.78 is 7.63. The molecule has 7 aliphatic rings. The summed E-state index contributed by atoms with van der Waals surface area (Å²) in [6.45, 7) is 6.28. The molecule has 6 nitrogen and oxygen atoms in total. The van der Waals surface area contributed by atoms with E-state index in [-0.39, 0.29) is 23.3 Å². The highest BCUT2D eigenvalue weighted by molar-refractivity contribution is 6.02. The number of anilines is 1. The van der Waals surface area contributed by atoms with Gasteiger partial charge < -0.3 is 14.5 Å². The van der Waals surface area contributed by atoms with Gasteiger partial charge in [-0.15, -0.1) is 6.58 Å². The number of fused-ring (bicyclic) bond motifs is 5. The lowest BCUT2D eigenvalue weighted by molar-refractivity contribution is -0.966. The molecule has 0 spiro atoms. The molecule has 0 unspecified atom stereocenters. The van der Waals surface area contributed by atoms with E-state index in [0.717, 1.165) is 78.1 Å². The first kappa shape index (κ1) is 30.1. The Kier molecular flexibility index (Phi) is 7.23. The Balaban J connectivity index is 1.10. The maximum Gasteiger partial charge on any atom is 0.312 e. The Morgan fingerprint density at radius 2 is 1.62 bits per heavy atom. The van der Waals surface area contributed by atoms with Gasteiger partial charge in [-0.05, 0) is 85.8 Å². The van der Waals surface area contributed by atoms with E-state index in [0.29, 0.717) is 40.6 Å². The van der Waals surface area contributed by atoms with E-state index in [2.05, 4.69) is 54.4 Å². The lowest BCUT2D eigenvalue weighted by atomic mass is 9.49. The SMILES string of the molecule is C=C[C@H]1C[N@+]2(CC(=O)Nc3cccc4ccccc34)CC[C@H]1C[C@@H]2[C@@H](OC(=O)C12CC3CC(CC(C3)C1)C2)c1ccnc2ccccc12. The number of para-hydroxylation sites is 1. The Bertz CT molecular complexity index is 1870. The van der Waals surface area contributed by atoms with Gasteiger partial charge in [0.15, 0.2) is 12.6 Å². The van der Waals surface area contributed by atoms with Crippen LogP contribution < -0.4 is 5.32 Å². The molecule has 1 N–H and O–H groups in total. The number of amides is 1. The normalized spacial score (nSPS) is 33.8. The first-order valence-electron chi connectivity index (χ1n) is 18.2. The van der Waals surface area contributed by atoms with Crippen molar-refractivity contribution in [2.75, 3.05) is 25.0 Å². The molecule has 1 aromatic heterocycles. The van der Waals surface area contributed by atoms with Crippen molar-refractivity contribution in [2.24, 2.45) is 35.0 Å². The maximum absolute atomic E-state index is 14.7. The summed E-state index contributed by atoms with van der Waals surface area (Å²) in [4.78, 5) is 33.6. The summed E-state index contributed by atoms with van der Waals surface area (Å²) in [7, 11) is 0. The largest absolute Gasteiger partial charge is 0.451 e. The predicted octanol–water partition coefficient (Wildman–Crippen LogP) is 8.24. The summed E-state index contributed by atoms with van der Waals surface area (Å²) in [5.41, 5.74) is 2.41. The summed E-state index contributed by atoms with van der Waals surface area (Å²) in [6, 6.07) is 24.5. The lowest BCUT2D eigenvalue weighted by Crippen LogP contribution is -2.70. The minimum absolute atomic E-state index is 0.00487. The number of hydrogen-bond donors (Lipinski definition) is 1. The molecule has 48 heavy (non-hydrogen) atoms. The zero-order valence-corrected chi connectivity index (χ0v) is 27.7. The monoisotopic (exact) mass is 640 g/mol. The number of quaternary nitrogens is 1. The van der Waals surface area contributed by atoms with E-state index in [1.54, 1.807) is 0 Å². The van der Waals surface area contributed by atoms with Crippen molar-refractivity contribution >= 4 is 39.2 Å². The van der Waals surface area contributed by atoms with Crippen molar-refractivity contribution in [3.63, 3.8) is 0 Å². The highest BCUT2D eigenvalue weighted by Crippen LogP contribution is 2.61. The first-order valence-corrected chi connectivity index (χ1v) is 18.2. The van der Waals surface area contributed by atoms with Crippen molar-refractivity contribution in [3.8, 4) is 0 Å². The van der Waals surface area contributed by atoms with E-state index in [9.17, 15) is 9.59 Å². The van der Waals surface area contributed by atoms with Gasteiger partial charge >= 0.3 is 5.97 Å². The zero-order chi connectivity index (χ0) is 32.5. The smallest absolute Gasteiger partial charge is 0.312 e. The van der Waals surface area contributed by atoms with Gasteiger partial charge in [-0.1, -0.05) is 60.7 Å². The lowest BCUT2D eigenvalue weighted by Gasteiger charge is -2.58. The molecule has 3 aromatic carbocycles. The molecule has 0 radical (unpaired) electrons. The molecule has 3 aliphatic heterocycles. The summed E-state index contributed by atoms with van der Waals surface area (Å²) in [5.74, 6) is 2.77. The van der Waals surface area contributed by atoms with Crippen LogP contribution in [0.5, 0.6) is 0 Å². The Morgan fingerprint density at radius 3 is 2.40 bits per heavy atom. The van der Waals surface area contributed by atoms with Crippen LogP contribution in [0.4, 0.5) is 5.69 Å². The Hall–Kier alpha value is -4.03. The van der Waals surface area contributed by atoms with Gasteiger partial charge in [0.2, 0.25) is 0 Å². The number of esters is 1. The van der Waals surface area contributed by atoms with Gasteiger partial charge in [0.25, 0.3) is 5.91 Å². The number of carbonyl (C=O) groups excluding carboxylic acids is 2. The molecule has 6 heteroatoms. The first-order chi connectivity index (χ1) is 23.4. The van der Waals surface area contributed by atoms with Crippen molar-refractivity contribution < 1.29 is 18.8 Å². The molecule has 4 heterocycles. The van der Waals surface area contributed by atoms with Crippen molar-refractivity contribution in [3.05, 3.63) is 97.2 Å². The Morgan fingerprint density at radius 1 is 0.917 bits per heavy atom. The van der Waals surface area contributed by atoms with Crippen LogP contribution in [0.25, 0.3) is 21.7 Å². The second-order valence-electron chi connectivity index (χ2n) is 16.1. The van der Waals surface area contributed by atoms with E-state index in [1.165, 1.54) is 19.3 Å². The highest BCUT2D eigenvalue weighted by Gasteiger charge is 2.59. The molecule has 246 valence electrons. The summed E-state index contributed by atoms with van der Waals surface area (Å²) in [6.07, 6.45) is 12.2. The molecular weight excluding hydrogens is 594 g/mol. The molecule has 1 amide bonds. The molecular formula is C42H46N3O3+. The molecule has 3 saturated heterocycles. The highest BCUT2D eigenvalue weighted by atomic mass is 16.5. The number of nitrogens with one attached hydrogen (secondary N) is 1. The molecule has 6 bridgehead atoms. The fourth-order valence-electron chi connectivity index (χ4n) is 11.5. The molecule has 4 aliphatic carbocycles. The Labute approximate surface area is 283 Å². The molecule has 4 saturated carbocycles. The fraction of sp³-hybridized carbons (Fsp3) is 0.452. The number of benzene rings is 3. The third-order valence-electron chi connectivity index (χ3n) is 13.2. The van der Waals surface area contributed by atoms with E-state index in [1.807, 2.05) is 42.6 Å². The second kappa shape index (κ2) is 11.5. The van der Waals surface area contributed by atoms with Crippen molar-refractivity contribution in [1.29, 1.82) is 0 Å². The number of piperidine rings is 3. The summed E-state index contributed by atoms with van der Waals surface area (Å²) in [5, 5.41) is 6.48. The van der Waals surface area contributed by atoms with Crippen LogP contribution in [0, 0.1) is 35.0 Å². The number of hydrogen-bond acceptors (Lipinski definition) is 4. The summed E-state index contributed by atoms with van der Waals surface area (Å²) >= 11 is 0. The van der Waals surface area contributed by atoms with Gasteiger partial charge in [-0.25, -0.2) is 0 Å². The number of nitrogens with zero attached hydrogens (tertiary/aromatic N) is 2. The van der Waals surface area contributed by atoms with Crippen LogP contribution in [0.15, 0.2) is 91.6 Å². The van der Waals surface area contributed by atoms with Gasteiger partial charge in [-0.3, -0.25) is 14.6 Å². The van der Waals surface area contributed by atoms with Gasteiger partial charge in [0, 0.05) is 47.0 Å². The van der Waals surface area contributed by atoms with E-state index >= 15 is 0 Å². The van der Waals surface area contributed by atoms with Gasteiger partial charge in [-0.2, -0.15) is 0 Å². The zero-order valence-electron chi connectivity index (χ0n) is 27.7. The van der Waals surface area contributed by atoms with E-state index in [4.69, 9.17) is 9.72 Å². The average Bonchev–Trinajstić information content (AvgIpc) is 3.10. The molecule has 5 atom stereocenters. The van der Waals surface area contributed by atoms with E-state index < -0.39 is 6.10 Å². The quantitative estimate of drug-likeness (QED) is 0.120. The standard InChI is InChI=1S/C42H45N3O3/c1-2-30-25-45(26-39(46)44-37-13-7-9-31-8-3-4-10-33(31)37)17-15-32(30)21-38(45)40(35-14-16-43-36-12-6-5-11-34(35)36)48-41(47)42-22-27-18-28(23-42)20-29(19-27)24-42/h2-14,16,27-30,32,38,40H,1,15,17-26H2/p+1/t27?,28?,29?,30-,32-,38+,40-,42?,45-/m0/s1. The topological polar surface area (TPSA) is 68.3 Å². The number of pyridine rings is 1. The third-order valence-corrected chi connectivity index (χ3v) is 13.2. The van der Waals surface area contributed by atoms with Crippen LogP contribution in [0.2, 0.25) is 0 Å². The molecule has 11 rings (SSSR count). The minimum Gasteiger partial charge on any atom is -0.451 e. The number of rotatable bonds is 8. The predicted molar refractivity (Wildman–Crippen MR) is 189 cm³/mol.